The van der Waals surface area contributed by atoms with Crippen molar-refractivity contribution in [2.24, 2.45) is 5.41 Å². The summed E-state index contributed by atoms with van der Waals surface area (Å²) in [5.74, 6) is 0.333. The number of piperidine rings is 1. The first kappa shape index (κ1) is 14.0. The number of rotatable bonds is 2. The van der Waals surface area contributed by atoms with Gasteiger partial charge in [0.2, 0.25) is 0 Å². The van der Waals surface area contributed by atoms with Crippen molar-refractivity contribution in [1.82, 2.24) is 5.32 Å². The van der Waals surface area contributed by atoms with Gasteiger partial charge < -0.3 is 10.1 Å². The van der Waals surface area contributed by atoms with E-state index in [0.29, 0.717) is 17.4 Å². The van der Waals surface area contributed by atoms with Crippen LogP contribution in [0.2, 0.25) is 0 Å². The van der Waals surface area contributed by atoms with E-state index in [2.05, 4.69) is 12.2 Å². The second kappa shape index (κ2) is 5.82. The predicted molar refractivity (Wildman–Crippen MR) is 78.3 cm³/mol. The van der Waals surface area contributed by atoms with E-state index in [1.54, 1.807) is 12.1 Å². The molecule has 110 valence electrons. The van der Waals surface area contributed by atoms with Crippen LogP contribution < -0.4 is 5.32 Å². The van der Waals surface area contributed by atoms with Gasteiger partial charge in [-0.3, -0.25) is 0 Å². The maximum atomic E-state index is 13.2. The van der Waals surface area contributed by atoms with Crippen LogP contribution in [0.15, 0.2) is 24.3 Å². The van der Waals surface area contributed by atoms with Crippen LogP contribution in [0.5, 0.6) is 0 Å². The van der Waals surface area contributed by atoms with E-state index in [4.69, 9.17) is 4.74 Å². The van der Waals surface area contributed by atoms with Crippen LogP contribution in [-0.2, 0) is 4.74 Å². The summed E-state index contributed by atoms with van der Waals surface area (Å²) in [4.78, 5) is 0. The number of benzene rings is 1. The molecule has 3 rings (SSSR count). The zero-order valence-corrected chi connectivity index (χ0v) is 12.2. The number of nitrogens with one attached hydrogen (secondary N) is 1. The lowest BCUT2D eigenvalue weighted by Crippen LogP contribution is -2.48. The molecule has 1 aromatic carbocycles. The summed E-state index contributed by atoms with van der Waals surface area (Å²) in [6.45, 7) is 5.17. The highest BCUT2D eigenvalue weighted by molar-refractivity contribution is 5.25. The minimum atomic E-state index is -0.148. The molecule has 20 heavy (non-hydrogen) atoms. The van der Waals surface area contributed by atoms with E-state index < -0.39 is 0 Å². The van der Waals surface area contributed by atoms with Gasteiger partial charge in [0.1, 0.15) is 5.82 Å². The summed E-state index contributed by atoms with van der Waals surface area (Å²) in [5.41, 5.74) is 1.61. The second-order valence-corrected chi connectivity index (χ2v) is 6.28. The highest BCUT2D eigenvalue weighted by atomic mass is 19.1. The number of ether oxygens (including phenoxy) is 1. The van der Waals surface area contributed by atoms with E-state index in [1.807, 2.05) is 12.1 Å². The summed E-state index contributed by atoms with van der Waals surface area (Å²) in [6.07, 6.45) is 4.96. The van der Waals surface area contributed by atoms with E-state index in [1.165, 1.54) is 12.0 Å². The first-order valence-corrected chi connectivity index (χ1v) is 7.81. The normalized spacial score (nSPS) is 34.3. The third-order valence-electron chi connectivity index (χ3n) is 5.20. The summed E-state index contributed by atoms with van der Waals surface area (Å²) < 4.78 is 19.0. The van der Waals surface area contributed by atoms with Gasteiger partial charge in [0, 0.05) is 19.1 Å². The van der Waals surface area contributed by atoms with Gasteiger partial charge in [0.15, 0.2) is 0 Å². The van der Waals surface area contributed by atoms with Crippen molar-refractivity contribution in [3.8, 4) is 0 Å². The zero-order chi connectivity index (χ0) is 14.0. The Morgan fingerprint density at radius 3 is 2.85 bits per heavy atom. The van der Waals surface area contributed by atoms with Crippen LogP contribution in [0.3, 0.4) is 0 Å². The minimum Gasteiger partial charge on any atom is -0.378 e. The van der Waals surface area contributed by atoms with Crippen molar-refractivity contribution < 1.29 is 9.13 Å². The Morgan fingerprint density at radius 2 is 2.10 bits per heavy atom. The van der Waals surface area contributed by atoms with Gasteiger partial charge in [-0.15, -0.1) is 0 Å². The van der Waals surface area contributed by atoms with Crippen molar-refractivity contribution in [2.75, 3.05) is 19.7 Å². The number of hydrogen-bond acceptors (Lipinski definition) is 2. The SMILES string of the molecule is CCC1CC2(CCNCC2c2ccc(F)cc2)CCO1. The lowest BCUT2D eigenvalue weighted by molar-refractivity contribution is -0.0690. The molecule has 3 heteroatoms. The van der Waals surface area contributed by atoms with Gasteiger partial charge in [0.25, 0.3) is 0 Å². The van der Waals surface area contributed by atoms with Gasteiger partial charge in [-0.05, 0) is 55.3 Å². The van der Waals surface area contributed by atoms with Gasteiger partial charge >= 0.3 is 0 Å². The van der Waals surface area contributed by atoms with Gasteiger partial charge in [-0.2, -0.15) is 0 Å². The Kier molecular flexibility index (Phi) is 4.08. The maximum absolute atomic E-state index is 13.2. The summed E-state index contributed by atoms with van der Waals surface area (Å²) in [5, 5.41) is 3.52. The fourth-order valence-corrected chi connectivity index (χ4v) is 3.99. The Balaban J connectivity index is 1.88. The van der Waals surface area contributed by atoms with Gasteiger partial charge in [-0.1, -0.05) is 19.1 Å². The molecule has 2 nitrogen and oxygen atoms in total. The van der Waals surface area contributed by atoms with Crippen LogP contribution in [0.4, 0.5) is 4.39 Å². The fourth-order valence-electron chi connectivity index (χ4n) is 3.99. The summed E-state index contributed by atoms with van der Waals surface area (Å²) in [7, 11) is 0. The van der Waals surface area contributed by atoms with Crippen LogP contribution >= 0.6 is 0 Å². The minimum absolute atomic E-state index is 0.148. The molecule has 2 aliphatic rings. The third kappa shape index (κ3) is 2.61. The number of hydrogen-bond donors (Lipinski definition) is 1. The van der Waals surface area contributed by atoms with Crippen molar-refractivity contribution in [2.45, 2.75) is 44.6 Å². The Labute approximate surface area is 120 Å². The average Bonchev–Trinajstić information content (AvgIpc) is 2.49. The molecule has 1 spiro atoms. The topological polar surface area (TPSA) is 21.3 Å². The molecule has 3 unspecified atom stereocenters. The Hall–Kier alpha value is -0.930. The lowest BCUT2D eigenvalue weighted by Gasteiger charge is -2.49. The Bertz CT molecular complexity index is 443. The van der Waals surface area contributed by atoms with E-state index in [0.717, 1.165) is 39.0 Å². The largest absolute Gasteiger partial charge is 0.378 e. The van der Waals surface area contributed by atoms with Gasteiger partial charge in [0.05, 0.1) is 6.10 Å². The molecule has 2 heterocycles. The smallest absolute Gasteiger partial charge is 0.123 e. The maximum Gasteiger partial charge on any atom is 0.123 e. The summed E-state index contributed by atoms with van der Waals surface area (Å²) in [6, 6.07) is 7.11. The van der Waals surface area contributed by atoms with Crippen LogP contribution in [0.25, 0.3) is 0 Å². The highest BCUT2D eigenvalue weighted by Crippen LogP contribution is 2.49. The van der Waals surface area contributed by atoms with Crippen molar-refractivity contribution in [1.29, 1.82) is 0 Å². The van der Waals surface area contributed by atoms with E-state index >= 15 is 0 Å². The average molecular weight is 277 g/mol. The first-order chi connectivity index (χ1) is 9.73. The predicted octanol–water partition coefficient (Wildman–Crippen LogP) is 3.48. The fraction of sp³-hybridized carbons (Fsp3) is 0.647. The molecule has 2 saturated heterocycles. The molecule has 2 aliphatic heterocycles. The standard InChI is InChI=1S/C17H24FNO/c1-2-15-11-17(8-10-20-15)7-9-19-12-16(17)13-3-5-14(18)6-4-13/h3-6,15-16,19H,2,7-12H2,1H3. The molecular weight excluding hydrogens is 253 g/mol. The van der Waals surface area contributed by atoms with Crippen LogP contribution in [0, 0.1) is 11.2 Å². The summed E-state index contributed by atoms with van der Waals surface area (Å²) >= 11 is 0. The highest BCUT2D eigenvalue weighted by Gasteiger charge is 2.44. The molecule has 0 bridgehead atoms. The molecule has 1 N–H and O–H groups in total. The molecule has 0 radical (unpaired) electrons. The molecule has 1 aromatic rings. The molecule has 0 amide bonds. The lowest BCUT2D eigenvalue weighted by atomic mass is 9.62. The monoisotopic (exact) mass is 277 g/mol. The molecule has 3 atom stereocenters. The second-order valence-electron chi connectivity index (χ2n) is 6.28. The molecule has 0 aliphatic carbocycles. The van der Waals surface area contributed by atoms with E-state index in [-0.39, 0.29) is 5.82 Å². The quantitative estimate of drug-likeness (QED) is 0.893. The van der Waals surface area contributed by atoms with Crippen molar-refractivity contribution >= 4 is 0 Å². The van der Waals surface area contributed by atoms with E-state index in [9.17, 15) is 4.39 Å². The van der Waals surface area contributed by atoms with Crippen molar-refractivity contribution in [3.05, 3.63) is 35.6 Å². The number of halogens is 1. The molecular formula is C17H24FNO. The third-order valence-corrected chi connectivity index (χ3v) is 5.20. The van der Waals surface area contributed by atoms with Crippen LogP contribution in [-0.4, -0.2) is 25.8 Å². The zero-order valence-electron chi connectivity index (χ0n) is 12.2. The Morgan fingerprint density at radius 1 is 1.30 bits per heavy atom. The molecule has 0 aromatic heterocycles. The molecule has 2 fully saturated rings. The molecule has 0 saturated carbocycles. The van der Waals surface area contributed by atoms with Gasteiger partial charge in [-0.25, -0.2) is 4.39 Å². The van der Waals surface area contributed by atoms with Crippen LogP contribution in [0.1, 0.15) is 44.1 Å². The van der Waals surface area contributed by atoms with Crippen molar-refractivity contribution in [3.63, 3.8) is 0 Å². The first-order valence-electron chi connectivity index (χ1n) is 7.81.